The van der Waals surface area contributed by atoms with Crippen molar-refractivity contribution in [3.8, 4) is 22.7 Å². The summed E-state index contributed by atoms with van der Waals surface area (Å²) in [6, 6.07) is 9.53. The molecule has 1 aliphatic heterocycles. The third-order valence-corrected chi connectivity index (χ3v) is 5.02. The van der Waals surface area contributed by atoms with E-state index in [1.165, 1.54) is 12.8 Å². The summed E-state index contributed by atoms with van der Waals surface area (Å²) in [7, 11) is 0. The van der Waals surface area contributed by atoms with E-state index in [-0.39, 0.29) is 0 Å². The highest BCUT2D eigenvalue weighted by Crippen LogP contribution is 2.31. The summed E-state index contributed by atoms with van der Waals surface area (Å²) in [4.78, 5) is 24.8. The molecule has 0 amide bonds. The summed E-state index contributed by atoms with van der Waals surface area (Å²) in [5, 5.41) is 3.25. The van der Waals surface area contributed by atoms with Crippen LogP contribution < -0.4 is 10.2 Å². The Morgan fingerprint density at radius 1 is 0.967 bits per heavy atom. The van der Waals surface area contributed by atoms with Crippen molar-refractivity contribution >= 4 is 11.9 Å². The lowest BCUT2D eigenvalue weighted by Gasteiger charge is -2.16. The van der Waals surface area contributed by atoms with Gasteiger partial charge in [0.15, 0.2) is 5.76 Å². The van der Waals surface area contributed by atoms with Gasteiger partial charge in [0.05, 0.1) is 12.0 Å². The fourth-order valence-corrected chi connectivity index (χ4v) is 3.51. The predicted octanol–water partition coefficient (Wildman–Crippen LogP) is 3.80. The van der Waals surface area contributed by atoms with Crippen LogP contribution in [0.4, 0.5) is 11.9 Å². The molecule has 8 nitrogen and oxygen atoms in total. The maximum Gasteiger partial charge on any atom is 0.225 e. The van der Waals surface area contributed by atoms with E-state index in [9.17, 15) is 0 Å². The van der Waals surface area contributed by atoms with E-state index in [1.807, 2.05) is 36.5 Å². The van der Waals surface area contributed by atoms with Crippen molar-refractivity contribution in [2.24, 2.45) is 0 Å². The minimum Gasteiger partial charge on any atom is -0.463 e. The molecule has 8 heteroatoms. The molecule has 0 saturated carbocycles. The van der Waals surface area contributed by atoms with Crippen molar-refractivity contribution in [3.63, 3.8) is 0 Å². The van der Waals surface area contributed by atoms with E-state index in [4.69, 9.17) is 14.4 Å². The fraction of sp³-hybridized carbons (Fsp3) is 0.227. The quantitative estimate of drug-likeness (QED) is 0.523. The molecule has 0 aliphatic carbocycles. The topological polar surface area (TPSA) is 92.9 Å². The molecule has 4 aromatic rings. The lowest BCUT2D eigenvalue weighted by molar-refractivity contribution is 0.580. The molecular weight excluding hydrogens is 378 g/mol. The van der Waals surface area contributed by atoms with E-state index in [0.29, 0.717) is 23.9 Å². The molecule has 0 unspecified atom stereocenters. The Bertz CT molecular complexity index is 1110. The summed E-state index contributed by atoms with van der Waals surface area (Å²) in [6.07, 6.45) is 11.1. The van der Waals surface area contributed by atoms with Crippen molar-refractivity contribution < 1.29 is 4.42 Å². The summed E-state index contributed by atoms with van der Waals surface area (Å²) < 4.78 is 5.65. The molecule has 1 fully saturated rings. The number of furan rings is 1. The van der Waals surface area contributed by atoms with Gasteiger partial charge in [-0.25, -0.2) is 19.9 Å². The molecule has 0 bridgehead atoms. The van der Waals surface area contributed by atoms with Crippen LogP contribution in [-0.2, 0) is 6.54 Å². The van der Waals surface area contributed by atoms with Crippen molar-refractivity contribution in [2.45, 2.75) is 19.4 Å². The Labute approximate surface area is 174 Å². The highest BCUT2D eigenvalue weighted by molar-refractivity contribution is 5.77. The predicted molar refractivity (Wildman–Crippen MR) is 114 cm³/mol. The van der Waals surface area contributed by atoms with Crippen molar-refractivity contribution in [3.05, 3.63) is 66.9 Å². The van der Waals surface area contributed by atoms with Crippen LogP contribution in [0, 0.1) is 0 Å². The maximum atomic E-state index is 5.65. The second kappa shape index (κ2) is 8.28. The summed E-state index contributed by atoms with van der Waals surface area (Å²) in [5.74, 6) is 1.93. The zero-order chi connectivity index (χ0) is 20.2. The molecule has 1 saturated heterocycles. The van der Waals surface area contributed by atoms with Gasteiger partial charge in [0.1, 0.15) is 5.69 Å². The molecule has 0 radical (unpaired) electrons. The van der Waals surface area contributed by atoms with Crippen LogP contribution in [0.5, 0.6) is 0 Å². The van der Waals surface area contributed by atoms with Gasteiger partial charge >= 0.3 is 0 Å². The first-order valence-electron chi connectivity index (χ1n) is 9.99. The standard InChI is InChI=1S/C22H21N7O/c1-2-11-29(10-1)22-24-9-7-18(27-22)17-15-26-21(25-14-16-5-3-8-23-13-16)28-20(17)19-6-4-12-30-19/h3-9,12-13,15H,1-2,10-11,14H2,(H,25,26,28). The third kappa shape index (κ3) is 3.84. The van der Waals surface area contributed by atoms with Gasteiger partial charge in [-0.1, -0.05) is 6.07 Å². The monoisotopic (exact) mass is 399 g/mol. The first-order chi connectivity index (χ1) is 14.9. The zero-order valence-electron chi connectivity index (χ0n) is 16.4. The highest BCUT2D eigenvalue weighted by atomic mass is 16.3. The molecule has 30 heavy (non-hydrogen) atoms. The number of rotatable bonds is 6. The van der Waals surface area contributed by atoms with Crippen molar-refractivity contribution in [2.75, 3.05) is 23.3 Å². The molecule has 4 aromatic heterocycles. The number of aromatic nitrogens is 5. The number of anilines is 2. The van der Waals surface area contributed by atoms with Crippen LogP contribution in [0.15, 0.2) is 65.8 Å². The number of nitrogens with zero attached hydrogens (tertiary/aromatic N) is 6. The van der Waals surface area contributed by atoms with Crippen molar-refractivity contribution in [1.29, 1.82) is 0 Å². The summed E-state index contributed by atoms with van der Waals surface area (Å²) >= 11 is 0. The minimum absolute atomic E-state index is 0.517. The number of pyridine rings is 1. The van der Waals surface area contributed by atoms with Gasteiger partial charge in [-0.15, -0.1) is 0 Å². The largest absolute Gasteiger partial charge is 0.463 e. The van der Waals surface area contributed by atoms with Crippen LogP contribution in [0.3, 0.4) is 0 Å². The first-order valence-corrected chi connectivity index (χ1v) is 9.99. The summed E-state index contributed by atoms with van der Waals surface area (Å²) in [5.41, 5.74) is 3.32. The molecule has 5 heterocycles. The van der Waals surface area contributed by atoms with Crippen LogP contribution >= 0.6 is 0 Å². The lowest BCUT2D eigenvalue weighted by Crippen LogP contribution is -2.20. The SMILES string of the molecule is c1cncc(CNc2ncc(-c3ccnc(N4CCCC4)n3)c(-c3ccco3)n2)c1. The van der Waals surface area contributed by atoms with Gasteiger partial charge in [0, 0.05) is 50.0 Å². The van der Waals surface area contributed by atoms with Crippen LogP contribution in [0.25, 0.3) is 22.7 Å². The highest BCUT2D eigenvalue weighted by Gasteiger charge is 2.19. The van der Waals surface area contributed by atoms with Crippen LogP contribution in [-0.4, -0.2) is 38.0 Å². The van der Waals surface area contributed by atoms with Gasteiger partial charge in [0.2, 0.25) is 11.9 Å². The normalized spacial score (nSPS) is 13.5. The zero-order valence-corrected chi connectivity index (χ0v) is 16.4. The Morgan fingerprint density at radius 2 is 1.90 bits per heavy atom. The maximum absolute atomic E-state index is 5.65. The molecule has 0 spiro atoms. The lowest BCUT2D eigenvalue weighted by atomic mass is 10.1. The number of hydrogen-bond acceptors (Lipinski definition) is 8. The Balaban J connectivity index is 1.48. The Morgan fingerprint density at radius 3 is 2.70 bits per heavy atom. The molecule has 1 aliphatic rings. The van der Waals surface area contributed by atoms with Crippen LogP contribution in [0.1, 0.15) is 18.4 Å². The summed E-state index contributed by atoms with van der Waals surface area (Å²) in [6.45, 7) is 2.56. The van der Waals surface area contributed by atoms with E-state index < -0.39 is 0 Å². The molecule has 0 aromatic carbocycles. The van der Waals surface area contributed by atoms with E-state index >= 15 is 0 Å². The second-order valence-electron chi connectivity index (χ2n) is 7.08. The number of hydrogen-bond donors (Lipinski definition) is 1. The number of nitrogens with one attached hydrogen (secondary N) is 1. The van der Waals surface area contributed by atoms with Crippen molar-refractivity contribution in [1.82, 2.24) is 24.9 Å². The third-order valence-electron chi connectivity index (χ3n) is 5.02. The molecule has 1 N–H and O–H groups in total. The van der Waals surface area contributed by atoms with Gasteiger partial charge in [-0.05, 0) is 42.7 Å². The molecular formula is C22H21N7O. The van der Waals surface area contributed by atoms with E-state index in [1.54, 1.807) is 24.9 Å². The molecule has 5 rings (SSSR count). The Kier molecular flexibility index (Phi) is 5.03. The molecule has 0 atom stereocenters. The Hall–Kier alpha value is -3.81. The van der Waals surface area contributed by atoms with Gasteiger partial charge in [-0.2, -0.15) is 0 Å². The average molecular weight is 399 g/mol. The van der Waals surface area contributed by atoms with E-state index in [0.717, 1.165) is 35.9 Å². The van der Waals surface area contributed by atoms with Gasteiger partial charge in [0.25, 0.3) is 0 Å². The van der Waals surface area contributed by atoms with Gasteiger partial charge < -0.3 is 14.6 Å². The fourth-order valence-electron chi connectivity index (χ4n) is 3.51. The minimum atomic E-state index is 0.517. The second-order valence-corrected chi connectivity index (χ2v) is 7.08. The average Bonchev–Trinajstić information content (AvgIpc) is 3.53. The smallest absolute Gasteiger partial charge is 0.225 e. The molecule has 150 valence electrons. The first kappa shape index (κ1) is 18.2. The van der Waals surface area contributed by atoms with Crippen LogP contribution in [0.2, 0.25) is 0 Å². The van der Waals surface area contributed by atoms with Gasteiger partial charge in [-0.3, -0.25) is 4.98 Å². The van der Waals surface area contributed by atoms with E-state index in [2.05, 4.69) is 25.2 Å².